The fourth-order valence-electron chi connectivity index (χ4n) is 2.97. The number of carbonyl (C=O) groups is 1. The van der Waals surface area contributed by atoms with E-state index in [2.05, 4.69) is 5.32 Å². The molecule has 3 rings (SSSR count). The first-order chi connectivity index (χ1) is 12.5. The first-order valence-corrected chi connectivity index (χ1v) is 9.52. The van der Waals surface area contributed by atoms with Crippen molar-refractivity contribution in [1.29, 1.82) is 0 Å². The zero-order valence-electron chi connectivity index (χ0n) is 15.5. The minimum atomic E-state index is -0.111. The molecular weight excluding hydrogens is 346 g/mol. The van der Waals surface area contributed by atoms with Crippen LogP contribution in [0.2, 0.25) is 0 Å². The standard InChI is InChI=1S/C21H23NO3S/c1-5-24-20-15(4)21-18(14(3)12-25-21)10-17(20)13(2)9-19(23)22-11-16-7-6-8-26-16/h6-10,12H,5,11H2,1-4H3,(H,22,23)/b13-9+. The molecule has 0 radical (unpaired) electrons. The van der Waals surface area contributed by atoms with Crippen LogP contribution in [0.3, 0.4) is 0 Å². The lowest BCUT2D eigenvalue weighted by Crippen LogP contribution is -2.20. The Morgan fingerprint density at radius 2 is 2.19 bits per heavy atom. The van der Waals surface area contributed by atoms with Gasteiger partial charge < -0.3 is 14.5 Å². The number of hydrogen-bond acceptors (Lipinski definition) is 4. The van der Waals surface area contributed by atoms with E-state index in [-0.39, 0.29) is 5.91 Å². The summed E-state index contributed by atoms with van der Waals surface area (Å²) in [5, 5.41) is 5.98. The van der Waals surface area contributed by atoms with Crippen LogP contribution in [0.15, 0.2) is 40.3 Å². The number of fused-ring (bicyclic) bond motifs is 1. The van der Waals surface area contributed by atoms with Crippen LogP contribution in [0, 0.1) is 13.8 Å². The summed E-state index contributed by atoms with van der Waals surface area (Å²) in [5.74, 6) is 0.661. The summed E-state index contributed by atoms with van der Waals surface area (Å²) < 4.78 is 11.6. The third kappa shape index (κ3) is 3.68. The molecule has 1 N–H and O–H groups in total. The second kappa shape index (κ2) is 7.79. The van der Waals surface area contributed by atoms with Gasteiger partial charge in [0, 0.05) is 27.5 Å². The van der Waals surface area contributed by atoms with Crippen molar-refractivity contribution in [2.24, 2.45) is 0 Å². The Hall–Kier alpha value is -2.53. The van der Waals surface area contributed by atoms with Crippen LogP contribution in [0.1, 0.15) is 35.4 Å². The van der Waals surface area contributed by atoms with E-state index >= 15 is 0 Å². The van der Waals surface area contributed by atoms with Gasteiger partial charge in [0.15, 0.2) is 0 Å². The van der Waals surface area contributed by atoms with Gasteiger partial charge in [-0.1, -0.05) is 6.07 Å². The predicted octanol–water partition coefficient (Wildman–Crippen LogP) is 5.23. The molecule has 4 nitrogen and oxygen atoms in total. The predicted molar refractivity (Wildman–Crippen MR) is 107 cm³/mol. The second-order valence-electron chi connectivity index (χ2n) is 6.23. The maximum Gasteiger partial charge on any atom is 0.244 e. The highest BCUT2D eigenvalue weighted by Crippen LogP contribution is 2.37. The fraction of sp³-hybridized carbons (Fsp3) is 0.286. The number of thiophene rings is 1. The van der Waals surface area contributed by atoms with Crippen molar-refractivity contribution in [3.05, 3.63) is 57.5 Å². The Balaban J connectivity index is 1.92. The van der Waals surface area contributed by atoms with Crippen LogP contribution < -0.4 is 10.1 Å². The van der Waals surface area contributed by atoms with Crippen LogP contribution in [-0.4, -0.2) is 12.5 Å². The molecule has 0 saturated carbocycles. The van der Waals surface area contributed by atoms with Gasteiger partial charge in [0.1, 0.15) is 11.3 Å². The van der Waals surface area contributed by atoms with Crippen molar-refractivity contribution in [2.75, 3.05) is 6.61 Å². The van der Waals surface area contributed by atoms with E-state index in [0.29, 0.717) is 13.2 Å². The van der Waals surface area contributed by atoms with Crippen LogP contribution >= 0.6 is 11.3 Å². The van der Waals surface area contributed by atoms with E-state index in [4.69, 9.17) is 9.15 Å². The first-order valence-electron chi connectivity index (χ1n) is 8.64. The largest absolute Gasteiger partial charge is 0.493 e. The van der Waals surface area contributed by atoms with Gasteiger partial charge in [-0.25, -0.2) is 0 Å². The summed E-state index contributed by atoms with van der Waals surface area (Å²) in [7, 11) is 0. The minimum absolute atomic E-state index is 0.111. The average molecular weight is 369 g/mol. The van der Waals surface area contributed by atoms with Gasteiger partial charge >= 0.3 is 0 Å². The monoisotopic (exact) mass is 369 g/mol. The molecule has 0 aliphatic carbocycles. The van der Waals surface area contributed by atoms with Gasteiger partial charge in [0.05, 0.1) is 19.4 Å². The Bertz CT molecular complexity index is 951. The highest BCUT2D eigenvalue weighted by molar-refractivity contribution is 7.09. The molecule has 0 aliphatic rings. The molecule has 0 spiro atoms. The quantitative estimate of drug-likeness (QED) is 0.605. The molecule has 3 aromatic rings. The van der Waals surface area contributed by atoms with Gasteiger partial charge in [0.2, 0.25) is 5.91 Å². The van der Waals surface area contributed by atoms with E-state index in [1.54, 1.807) is 23.7 Å². The Kier molecular flexibility index (Phi) is 5.47. The summed E-state index contributed by atoms with van der Waals surface area (Å²) in [6, 6.07) is 6.03. The molecular formula is C21H23NO3S. The molecule has 2 heterocycles. The lowest BCUT2D eigenvalue weighted by molar-refractivity contribution is -0.116. The summed E-state index contributed by atoms with van der Waals surface area (Å²) in [6.07, 6.45) is 3.39. The van der Waals surface area contributed by atoms with Gasteiger partial charge in [-0.2, -0.15) is 0 Å². The van der Waals surface area contributed by atoms with Gasteiger partial charge in [0.25, 0.3) is 0 Å². The molecule has 0 fully saturated rings. The lowest BCUT2D eigenvalue weighted by atomic mass is 9.98. The molecule has 136 valence electrons. The van der Waals surface area contributed by atoms with E-state index < -0.39 is 0 Å². The summed E-state index contributed by atoms with van der Waals surface area (Å²) >= 11 is 1.63. The number of carbonyl (C=O) groups excluding carboxylic acids is 1. The van der Waals surface area contributed by atoms with Crippen molar-refractivity contribution in [2.45, 2.75) is 34.2 Å². The van der Waals surface area contributed by atoms with Crippen LogP contribution in [-0.2, 0) is 11.3 Å². The first kappa shape index (κ1) is 18.3. The molecule has 0 unspecified atom stereocenters. The molecule has 2 aromatic heterocycles. The zero-order chi connectivity index (χ0) is 18.7. The van der Waals surface area contributed by atoms with Crippen molar-refractivity contribution < 1.29 is 13.9 Å². The summed E-state index contributed by atoms with van der Waals surface area (Å²) in [6.45, 7) is 8.98. The minimum Gasteiger partial charge on any atom is -0.493 e. The fourth-order valence-corrected chi connectivity index (χ4v) is 3.62. The van der Waals surface area contributed by atoms with E-state index in [0.717, 1.165) is 43.9 Å². The number of aryl methyl sites for hydroxylation is 2. The van der Waals surface area contributed by atoms with E-state index in [1.807, 2.05) is 51.3 Å². The number of furan rings is 1. The molecule has 0 saturated heterocycles. The van der Waals surface area contributed by atoms with Gasteiger partial charge in [-0.3, -0.25) is 4.79 Å². The normalized spacial score (nSPS) is 11.8. The lowest BCUT2D eigenvalue weighted by Gasteiger charge is -2.14. The molecule has 0 aliphatic heterocycles. The summed E-state index contributed by atoms with van der Waals surface area (Å²) in [4.78, 5) is 13.4. The Labute approximate surface area is 157 Å². The summed E-state index contributed by atoms with van der Waals surface area (Å²) in [5.41, 5.74) is 4.65. The van der Waals surface area contributed by atoms with E-state index in [1.165, 1.54) is 0 Å². The van der Waals surface area contributed by atoms with Crippen molar-refractivity contribution in [1.82, 2.24) is 5.32 Å². The molecule has 0 atom stereocenters. The molecule has 1 aromatic carbocycles. The third-order valence-electron chi connectivity index (χ3n) is 4.32. The number of nitrogens with one attached hydrogen (secondary N) is 1. The highest BCUT2D eigenvalue weighted by Gasteiger charge is 2.17. The number of hydrogen-bond donors (Lipinski definition) is 1. The zero-order valence-corrected chi connectivity index (χ0v) is 16.3. The Morgan fingerprint density at radius 1 is 1.38 bits per heavy atom. The number of amides is 1. The van der Waals surface area contributed by atoms with Crippen LogP contribution in [0.25, 0.3) is 16.5 Å². The molecule has 5 heteroatoms. The molecule has 0 bridgehead atoms. The molecule has 1 amide bonds. The van der Waals surface area contributed by atoms with Crippen molar-refractivity contribution in [3.8, 4) is 5.75 Å². The maximum absolute atomic E-state index is 12.3. The third-order valence-corrected chi connectivity index (χ3v) is 5.19. The van der Waals surface area contributed by atoms with Crippen LogP contribution in [0.4, 0.5) is 0 Å². The maximum atomic E-state index is 12.3. The number of allylic oxidation sites excluding steroid dienone is 1. The van der Waals surface area contributed by atoms with Gasteiger partial charge in [-0.15, -0.1) is 11.3 Å². The average Bonchev–Trinajstić information content (AvgIpc) is 3.25. The smallest absolute Gasteiger partial charge is 0.244 e. The topological polar surface area (TPSA) is 51.5 Å². The molecule has 26 heavy (non-hydrogen) atoms. The van der Waals surface area contributed by atoms with Crippen molar-refractivity contribution >= 4 is 33.8 Å². The second-order valence-corrected chi connectivity index (χ2v) is 7.26. The van der Waals surface area contributed by atoms with Crippen molar-refractivity contribution in [3.63, 3.8) is 0 Å². The number of benzene rings is 1. The SMILES string of the molecule is CCOc1c(/C(C)=C/C(=O)NCc2cccs2)cc2c(C)coc2c1C. The van der Waals surface area contributed by atoms with E-state index in [9.17, 15) is 4.79 Å². The number of ether oxygens (including phenoxy) is 1. The number of rotatable bonds is 6. The highest BCUT2D eigenvalue weighted by atomic mass is 32.1. The Morgan fingerprint density at radius 3 is 2.88 bits per heavy atom. The van der Waals surface area contributed by atoms with Crippen LogP contribution in [0.5, 0.6) is 5.75 Å². The van der Waals surface area contributed by atoms with Gasteiger partial charge in [-0.05, 0) is 56.3 Å².